The van der Waals surface area contributed by atoms with E-state index >= 15 is 0 Å². The van der Waals surface area contributed by atoms with Crippen molar-refractivity contribution in [2.24, 2.45) is 0 Å². The van der Waals surface area contributed by atoms with Crippen LogP contribution in [0, 0.1) is 0 Å². The summed E-state index contributed by atoms with van der Waals surface area (Å²) < 4.78 is 0. The Balaban J connectivity index is 3.50. The maximum absolute atomic E-state index is 12.3. The minimum absolute atomic E-state index is 0.0662. The van der Waals surface area contributed by atoms with Crippen molar-refractivity contribution in [1.29, 1.82) is 0 Å². The van der Waals surface area contributed by atoms with E-state index in [2.05, 4.69) is 31.3 Å². The molecule has 0 spiro atoms. The summed E-state index contributed by atoms with van der Waals surface area (Å²) in [5, 5.41) is 22.8. The Bertz CT molecular complexity index is 632. The average Bonchev–Trinajstić information content (AvgIpc) is 3.03. The van der Waals surface area contributed by atoms with Gasteiger partial charge < -0.3 is 15.5 Å². The number of carbonyl (C=O) groups is 1. The lowest BCUT2D eigenvalue weighted by atomic mass is 10.0. The summed E-state index contributed by atoms with van der Waals surface area (Å²) in [6.45, 7) is 4.27. The van der Waals surface area contributed by atoms with Crippen LogP contribution in [0.1, 0.15) is 206 Å². The van der Waals surface area contributed by atoms with Crippen LogP contribution >= 0.6 is 0 Å². The first kappa shape index (κ1) is 42.9. The lowest BCUT2D eigenvalue weighted by molar-refractivity contribution is -0.123. The van der Waals surface area contributed by atoms with Crippen molar-refractivity contribution in [2.45, 2.75) is 219 Å². The van der Waals surface area contributed by atoms with E-state index < -0.39 is 12.1 Å². The van der Waals surface area contributed by atoms with E-state index in [0.29, 0.717) is 6.42 Å². The van der Waals surface area contributed by atoms with Gasteiger partial charge in [-0.1, -0.05) is 179 Å². The highest BCUT2D eigenvalue weighted by molar-refractivity contribution is 5.76. The van der Waals surface area contributed by atoms with Gasteiger partial charge in [-0.05, 0) is 44.9 Å². The van der Waals surface area contributed by atoms with Crippen LogP contribution in [0.25, 0.3) is 0 Å². The van der Waals surface area contributed by atoms with Crippen molar-refractivity contribution in [3.05, 3.63) is 24.3 Å². The van der Waals surface area contributed by atoms with Crippen molar-refractivity contribution in [3.63, 3.8) is 0 Å². The number of nitrogens with one attached hydrogen (secondary N) is 1. The topological polar surface area (TPSA) is 69.6 Å². The first-order valence-electron chi connectivity index (χ1n) is 19.6. The molecule has 1 amide bonds. The number of rotatable bonds is 35. The Morgan fingerprint density at radius 3 is 1.25 bits per heavy atom. The van der Waals surface area contributed by atoms with Crippen LogP contribution < -0.4 is 5.32 Å². The number of allylic oxidation sites excluding steroid dienone is 3. The number of carbonyl (C=O) groups excluding carboxylic acids is 1. The molecule has 0 radical (unpaired) electrons. The van der Waals surface area contributed by atoms with E-state index in [1.165, 1.54) is 161 Å². The van der Waals surface area contributed by atoms with Gasteiger partial charge in [0.15, 0.2) is 0 Å². The van der Waals surface area contributed by atoms with Gasteiger partial charge in [-0.3, -0.25) is 4.79 Å². The van der Waals surface area contributed by atoms with Gasteiger partial charge in [0.2, 0.25) is 5.91 Å². The predicted molar refractivity (Wildman–Crippen MR) is 193 cm³/mol. The second-order valence-electron chi connectivity index (χ2n) is 13.3. The monoisotopic (exact) mass is 620 g/mol. The Morgan fingerprint density at radius 1 is 0.523 bits per heavy atom. The minimum Gasteiger partial charge on any atom is -0.394 e. The number of hydrogen-bond donors (Lipinski definition) is 3. The molecule has 0 saturated carbocycles. The zero-order valence-corrected chi connectivity index (χ0v) is 29.7. The molecule has 0 fully saturated rings. The van der Waals surface area contributed by atoms with Crippen LogP contribution in [0.2, 0.25) is 0 Å². The molecule has 3 N–H and O–H groups in total. The first-order valence-corrected chi connectivity index (χ1v) is 19.6. The highest BCUT2D eigenvalue weighted by Crippen LogP contribution is 2.14. The Morgan fingerprint density at radius 2 is 0.864 bits per heavy atom. The largest absolute Gasteiger partial charge is 0.394 e. The molecule has 0 unspecified atom stereocenters. The molecule has 0 heterocycles. The molecule has 0 aromatic rings. The maximum atomic E-state index is 12.3. The number of aliphatic hydroxyl groups is 2. The standard InChI is InChI=1S/C40H77NO3/c1-3-5-7-9-11-13-14-15-16-17-18-19-20-21-22-23-24-25-26-28-30-32-34-36-40(44)41-38(37-42)39(43)35-33-31-29-27-12-10-8-6-4-2/h15-16,33,35,38-39,42-43H,3-14,17-32,34,36-37H2,1-2H3,(H,41,44)/b16-15+,35-33+/t38-,39+/m0/s1. The van der Waals surface area contributed by atoms with Crippen LogP contribution in [0.4, 0.5) is 0 Å². The molecule has 4 nitrogen and oxygen atoms in total. The molecule has 0 aliphatic carbocycles. The molecule has 0 aromatic carbocycles. The lowest BCUT2D eigenvalue weighted by Gasteiger charge is -2.20. The molecular formula is C40H77NO3. The van der Waals surface area contributed by atoms with E-state index in [1.807, 2.05) is 6.08 Å². The zero-order valence-electron chi connectivity index (χ0n) is 29.7. The minimum atomic E-state index is -0.833. The molecule has 44 heavy (non-hydrogen) atoms. The fourth-order valence-electron chi connectivity index (χ4n) is 5.88. The van der Waals surface area contributed by atoms with Gasteiger partial charge in [-0.25, -0.2) is 0 Å². The molecule has 0 saturated heterocycles. The maximum Gasteiger partial charge on any atom is 0.220 e. The van der Waals surface area contributed by atoms with Crippen LogP contribution in [0.15, 0.2) is 24.3 Å². The van der Waals surface area contributed by atoms with E-state index in [1.54, 1.807) is 6.08 Å². The highest BCUT2D eigenvalue weighted by atomic mass is 16.3. The Kier molecular flexibility index (Phi) is 35.4. The van der Waals surface area contributed by atoms with E-state index in [0.717, 1.165) is 25.7 Å². The van der Waals surface area contributed by atoms with Crippen LogP contribution in [0.3, 0.4) is 0 Å². The molecule has 0 aliphatic rings. The van der Waals surface area contributed by atoms with Gasteiger partial charge in [-0.15, -0.1) is 0 Å². The molecule has 260 valence electrons. The van der Waals surface area contributed by atoms with Crippen molar-refractivity contribution in [3.8, 4) is 0 Å². The summed E-state index contributed by atoms with van der Waals surface area (Å²) in [6, 6.07) is -0.616. The molecule has 2 atom stereocenters. The van der Waals surface area contributed by atoms with Crippen molar-refractivity contribution in [1.82, 2.24) is 5.32 Å². The average molecular weight is 620 g/mol. The molecule has 0 bridgehead atoms. The fourth-order valence-corrected chi connectivity index (χ4v) is 5.88. The summed E-state index contributed by atoms with van der Waals surface area (Å²) in [6.07, 6.45) is 45.6. The van der Waals surface area contributed by atoms with Crippen molar-refractivity contribution < 1.29 is 15.0 Å². The number of hydrogen-bond acceptors (Lipinski definition) is 3. The van der Waals surface area contributed by atoms with Crippen LogP contribution in [-0.2, 0) is 4.79 Å². The molecule has 4 heteroatoms. The smallest absolute Gasteiger partial charge is 0.220 e. The van der Waals surface area contributed by atoms with Crippen LogP contribution in [-0.4, -0.2) is 34.9 Å². The van der Waals surface area contributed by atoms with Gasteiger partial charge in [0.05, 0.1) is 18.8 Å². The molecular weight excluding hydrogens is 542 g/mol. The second-order valence-corrected chi connectivity index (χ2v) is 13.3. The van der Waals surface area contributed by atoms with Gasteiger partial charge in [0, 0.05) is 6.42 Å². The summed E-state index contributed by atoms with van der Waals surface area (Å²) in [5.41, 5.74) is 0. The SMILES string of the molecule is CCCCCCCC/C=C/CCCCCCCCCCCCCCCC(=O)N[C@@H](CO)[C@H](O)/C=C/CCCCCCCCC. The summed E-state index contributed by atoms with van der Waals surface area (Å²) >= 11 is 0. The Hall–Kier alpha value is -1.13. The summed E-state index contributed by atoms with van der Waals surface area (Å²) in [5.74, 6) is -0.0662. The number of aliphatic hydroxyl groups excluding tert-OH is 2. The highest BCUT2D eigenvalue weighted by Gasteiger charge is 2.17. The third-order valence-electron chi connectivity index (χ3n) is 8.93. The van der Waals surface area contributed by atoms with E-state index in [9.17, 15) is 15.0 Å². The summed E-state index contributed by atoms with van der Waals surface area (Å²) in [7, 11) is 0. The van der Waals surface area contributed by atoms with E-state index in [4.69, 9.17) is 0 Å². The van der Waals surface area contributed by atoms with Gasteiger partial charge in [0.25, 0.3) is 0 Å². The molecule has 0 aliphatic heterocycles. The van der Waals surface area contributed by atoms with Crippen molar-refractivity contribution in [2.75, 3.05) is 6.61 Å². The Labute approximate surface area is 275 Å². The zero-order chi connectivity index (χ0) is 32.2. The third kappa shape index (κ3) is 32.3. The number of unbranched alkanes of at least 4 members (excludes halogenated alkanes) is 26. The van der Waals surface area contributed by atoms with Gasteiger partial charge in [0.1, 0.15) is 0 Å². The van der Waals surface area contributed by atoms with E-state index in [-0.39, 0.29) is 12.5 Å². The van der Waals surface area contributed by atoms with Crippen LogP contribution in [0.5, 0.6) is 0 Å². The number of amides is 1. The van der Waals surface area contributed by atoms with Crippen molar-refractivity contribution >= 4 is 5.91 Å². The quantitative estimate of drug-likeness (QED) is 0.0488. The van der Waals surface area contributed by atoms with Gasteiger partial charge >= 0.3 is 0 Å². The second kappa shape index (κ2) is 36.3. The lowest BCUT2D eigenvalue weighted by Crippen LogP contribution is -2.45. The predicted octanol–water partition coefficient (Wildman–Crippen LogP) is 11.7. The summed E-state index contributed by atoms with van der Waals surface area (Å²) in [4.78, 5) is 12.3. The molecule has 0 rings (SSSR count). The fraction of sp³-hybridized carbons (Fsp3) is 0.875. The molecule has 0 aromatic heterocycles. The third-order valence-corrected chi connectivity index (χ3v) is 8.93. The van der Waals surface area contributed by atoms with Gasteiger partial charge in [-0.2, -0.15) is 0 Å². The first-order chi connectivity index (χ1) is 21.7. The normalized spacial score (nSPS) is 13.3.